The quantitative estimate of drug-likeness (QED) is 0.782. The first-order valence-electron chi connectivity index (χ1n) is 4.95. The summed E-state index contributed by atoms with van der Waals surface area (Å²) in [5.74, 6) is 0.452. The highest BCUT2D eigenvalue weighted by molar-refractivity contribution is 9.09. The third kappa shape index (κ3) is 3.95. The SMILES string of the molecule is CCCC(CBr)Cn1cc(Cl)cnc1=O. The van der Waals surface area contributed by atoms with E-state index in [1.165, 1.54) is 6.20 Å². The fourth-order valence-electron chi connectivity index (χ4n) is 1.46. The van der Waals surface area contributed by atoms with Crippen molar-refractivity contribution in [3.8, 4) is 0 Å². The van der Waals surface area contributed by atoms with Crippen LogP contribution in [-0.4, -0.2) is 14.9 Å². The summed E-state index contributed by atoms with van der Waals surface area (Å²) in [6.45, 7) is 2.81. The third-order valence-corrected chi connectivity index (χ3v) is 3.30. The van der Waals surface area contributed by atoms with Gasteiger partial charge in [-0.15, -0.1) is 0 Å². The minimum Gasteiger partial charge on any atom is -0.297 e. The van der Waals surface area contributed by atoms with Gasteiger partial charge >= 0.3 is 5.69 Å². The number of aromatic nitrogens is 2. The second kappa shape index (κ2) is 6.28. The van der Waals surface area contributed by atoms with Gasteiger partial charge in [-0.25, -0.2) is 9.78 Å². The second-order valence-corrected chi connectivity index (χ2v) is 4.60. The van der Waals surface area contributed by atoms with Crippen molar-refractivity contribution in [2.24, 2.45) is 5.92 Å². The molecular formula is C10H14BrClN2O. The summed E-state index contributed by atoms with van der Waals surface area (Å²) in [6, 6.07) is 0. The molecule has 0 saturated carbocycles. The Hall–Kier alpha value is -0.350. The molecule has 1 rings (SSSR count). The number of hydrogen-bond donors (Lipinski definition) is 0. The zero-order valence-electron chi connectivity index (χ0n) is 8.62. The largest absolute Gasteiger partial charge is 0.347 e. The van der Waals surface area contributed by atoms with E-state index in [-0.39, 0.29) is 5.69 Å². The first-order valence-corrected chi connectivity index (χ1v) is 6.45. The van der Waals surface area contributed by atoms with Crippen LogP contribution in [0.15, 0.2) is 17.2 Å². The molecule has 0 amide bonds. The Kier molecular flexibility index (Phi) is 5.32. The molecule has 0 spiro atoms. The van der Waals surface area contributed by atoms with E-state index in [2.05, 4.69) is 27.8 Å². The van der Waals surface area contributed by atoms with E-state index in [1.54, 1.807) is 10.8 Å². The number of alkyl halides is 1. The van der Waals surface area contributed by atoms with Gasteiger partial charge in [0.05, 0.1) is 11.2 Å². The van der Waals surface area contributed by atoms with Crippen molar-refractivity contribution in [3.05, 3.63) is 27.9 Å². The van der Waals surface area contributed by atoms with Crippen LogP contribution in [0.25, 0.3) is 0 Å². The Morgan fingerprint density at radius 2 is 2.40 bits per heavy atom. The van der Waals surface area contributed by atoms with Gasteiger partial charge in [-0.3, -0.25) is 4.57 Å². The van der Waals surface area contributed by atoms with Crippen LogP contribution < -0.4 is 5.69 Å². The molecule has 1 atom stereocenters. The molecule has 0 saturated heterocycles. The molecule has 1 aromatic rings. The minimum absolute atomic E-state index is 0.235. The van der Waals surface area contributed by atoms with Crippen LogP contribution >= 0.6 is 27.5 Å². The van der Waals surface area contributed by atoms with Gasteiger partial charge in [0.2, 0.25) is 0 Å². The van der Waals surface area contributed by atoms with Crippen LogP contribution in [0.5, 0.6) is 0 Å². The maximum atomic E-state index is 11.4. The zero-order chi connectivity index (χ0) is 11.3. The molecular weight excluding hydrogens is 279 g/mol. The fourth-order valence-corrected chi connectivity index (χ4v) is 2.16. The number of nitrogens with zero attached hydrogens (tertiary/aromatic N) is 2. The molecule has 84 valence electrons. The lowest BCUT2D eigenvalue weighted by Crippen LogP contribution is -2.26. The molecule has 0 aromatic carbocycles. The predicted octanol–water partition coefficient (Wildman–Crippen LogP) is 2.71. The minimum atomic E-state index is -0.235. The highest BCUT2D eigenvalue weighted by atomic mass is 79.9. The van der Waals surface area contributed by atoms with E-state index in [0.29, 0.717) is 17.5 Å². The summed E-state index contributed by atoms with van der Waals surface area (Å²) in [4.78, 5) is 15.1. The van der Waals surface area contributed by atoms with E-state index in [4.69, 9.17) is 11.6 Å². The number of rotatable bonds is 5. The molecule has 5 heteroatoms. The van der Waals surface area contributed by atoms with Crippen molar-refractivity contribution in [1.29, 1.82) is 0 Å². The highest BCUT2D eigenvalue weighted by Gasteiger charge is 2.08. The van der Waals surface area contributed by atoms with Crippen molar-refractivity contribution in [1.82, 2.24) is 9.55 Å². The lowest BCUT2D eigenvalue weighted by molar-refractivity contribution is 0.443. The molecule has 0 N–H and O–H groups in total. The third-order valence-electron chi connectivity index (χ3n) is 2.19. The molecule has 1 heterocycles. The van der Waals surface area contributed by atoms with Gasteiger partial charge in [0.1, 0.15) is 0 Å². The summed E-state index contributed by atoms with van der Waals surface area (Å²) >= 11 is 9.24. The Bertz CT molecular complexity index is 367. The van der Waals surface area contributed by atoms with Gasteiger partial charge in [0, 0.05) is 18.1 Å². The summed E-state index contributed by atoms with van der Waals surface area (Å²) in [5.41, 5.74) is -0.235. The lowest BCUT2D eigenvalue weighted by Gasteiger charge is -2.14. The topological polar surface area (TPSA) is 34.9 Å². The van der Waals surface area contributed by atoms with Crippen LogP contribution in [0.1, 0.15) is 19.8 Å². The van der Waals surface area contributed by atoms with Crippen LogP contribution in [0.3, 0.4) is 0 Å². The lowest BCUT2D eigenvalue weighted by atomic mass is 10.1. The molecule has 0 bridgehead atoms. The van der Waals surface area contributed by atoms with E-state index in [1.807, 2.05) is 0 Å². The first-order chi connectivity index (χ1) is 7.17. The molecule has 0 radical (unpaired) electrons. The number of halogens is 2. The molecule has 0 aliphatic carbocycles. The average Bonchev–Trinajstić information content (AvgIpc) is 2.22. The predicted molar refractivity (Wildman–Crippen MR) is 65.7 cm³/mol. The normalized spacial score (nSPS) is 12.7. The van der Waals surface area contributed by atoms with Crippen molar-refractivity contribution in [2.75, 3.05) is 5.33 Å². The average molecular weight is 294 g/mol. The highest BCUT2D eigenvalue weighted by Crippen LogP contribution is 2.12. The summed E-state index contributed by atoms with van der Waals surface area (Å²) in [7, 11) is 0. The van der Waals surface area contributed by atoms with Crippen LogP contribution in [0, 0.1) is 5.92 Å². The molecule has 1 unspecified atom stereocenters. The maximum Gasteiger partial charge on any atom is 0.347 e. The zero-order valence-corrected chi connectivity index (χ0v) is 11.0. The van der Waals surface area contributed by atoms with Crippen LogP contribution in [-0.2, 0) is 6.54 Å². The molecule has 15 heavy (non-hydrogen) atoms. The van der Waals surface area contributed by atoms with Crippen molar-refractivity contribution >= 4 is 27.5 Å². The van der Waals surface area contributed by atoms with Gasteiger partial charge in [0.15, 0.2) is 0 Å². The summed E-state index contributed by atoms with van der Waals surface area (Å²) in [6.07, 6.45) is 5.22. The number of hydrogen-bond acceptors (Lipinski definition) is 2. The van der Waals surface area contributed by atoms with Crippen LogP contribution in [0.4, 0.5) is 0 Å². The van der Waals surface area contributed by atoms with Gasteiger partial charge in [-0.05, 0) is 12.3 Å². The Balaban J connectivity index is 2.78. The maximum absolute atomic E-state index is 11.4. The monoisotopic (exact) mass is 292 g/mol. The van der Waals surface area contributed by atoms with Gasteiger partial charge in [-0.1, -0.05) is 40.9 Å². The van der Waals surface area contributed by atoms with E-state index in [0.717, 1.165) is 18.2 Å². The van der Waals surface area contributed by atoms with Gasteiger partial charge in [0.25, 0.3) is 0 Å². The van der Waals surface area contributed by atoms with Gasteiger partial charge in [-0.2, -0.15) is 0 Å². The standard InChI is InChI=1S/C10H14BrClN2O/c1-2-3-8(4-11)6-14-7-9(12)5-13-10(14)15/h5,7-8H,2-4,6H2,1H3. The Morgan fingerprint density at radius 1 is 1.67 bits per heavy atom. The molecule has 1 aromatic heterocycles. The molecule has 0 fully saturated rings. The van der Waals surface area contributed by atoms with Crippen molar-refractivity contribution in [2.45, 2.75) is 26.3 Å². The smallest absolute Gasteiger partial charge is 0.297 e. The van der Waals surface area contributed by atoms with E-state index >= 15 is 0 Å². The second-order valence-electron chi connectivity index (χ2n) is 3.52. The van der Waals surface area contributed by atoms with Gasteiger partial charge < -0.3 is 0 Å². The van der Waals surface area contributed by atoms with Crippen molar-refractivity contribution in [3.63, 3.8) is 0 Å². The molecule has 3 nitrogen and oxygen atoms in total. The van der Waals surface area contributed by atoms with E-state index < -0.39 is 0 Å². The summed E-state index contributed by atoms with van der Waals surface area (Å²) in [5, 5.41) is 1.39. The molecule has 0 aliphatic rings. The molecule has 0 aliphatic heterocycles. The fraction of sp³-hybridized carbons (Fsp3) is 0.600. The van der Waals surface area contributed by atoms with Crippen LogP contribution in [0.2, 0.25) is 5.02 Å². The first kappa shape index (κ1) is 12.7. The Morgan fingerprint density at radius 3 is 3.00 bits per heavy atom. The van der Waals surface area contributed by atoms with Crippen molar-refractivity contribution < 1.29 is 0 Å². The Labute approximate surface area is 103 Å². The van der Waals surface area contributed by atoms with E-state index in [9.17, 15) is 4.79 Å². The summed E-state index contributed by atoms with van der Waals surface area (Å²) < 4.78 is 1.57.